The number of H-pyrrole nitrogens is 1. The molecule has 1 rings (SSSR count). The zero-order chi connectivity index (χ0) is 11.8. The smallest absolute Gasteiger partial charge is 0.0591 e. The van der Waals surface area contributed by atoms with Crippen molar-refractivity contribution in [3.05, 3.63) is 17.5 Å². The Hall–Kier alpha value is -0.580. The van der Waals surface area contributed by atoms with Gasteiger partial charge in [-0.1, -0.05) is 13.8 Å². The van der Waals surface area contributed by atoms with Crippen LogP contribution in [0.2, 0.25) is 0 Å². The van der Waals surface area contributed by atoms with Crippen LogP contribution in [-0.4, -0.2) is 30.0 Å². The Bertz CT molecular complexity index is 289. The van der Waals surface area contributed by atoms with Crippen molar-refractivity contribution >= 4 is 12.4 Å². The predicted molar refractivity (Wildman–Crippen MR) is 72.6 cm³/mol. The molecule has 100 valence electrons. The van der Waals surface area contributed by atoms with Gasteiger partial charge in [-0.25, -0.2) is 0 Å². The lowest BCUT2D eigenvalue weighted by Crippen LogP contribution is -2.19. The van der Waals surface area contributed by atoms with Gasteiger partial charge in [-0.2, -0.15) is 5.10 Å². The zero-order valence-corrected chi connectivity index (χ0v) is 11.8. The molecule has 0 aliphatic heterocycles. The molecule has 0 saturated carbocycles. The molecule has 0 aliphatic carbocycles. The van der Waals surface area contributed by atoms with Gasteiger partial charge < -0.3 is 10.1 Å². The summed E-state index contributed by atoms with van der Waals surface area (Å²) in [5.74, 6) is 0.724. The average molecular weight is 262 g/mol. The largest absolute Gasteiger partial charge is 0.380 e. The van der Waals surface area contributed by atoms with E-state index in [4.69, 9.17) is 4.74 Å². The van der Waals surface area contributed by atoms with Gasteiger partial charge in [0.2, 0.25) is 0 Å². The van der Waals surface area contributed by atoms with Gasteiger partial charge in [0.05, 0.1) is 12.8 Å². The summed E-state index contributed by atoms with van der Waals surface area (Å²) in [6.07, 6.45) is 3.00. The number of halogens is 1. The third kappa shape index (κ3) is 7.36. The minimum atomic E-state index is 0. The average Bonchev–Trinajstić information content (AvgIpc) is 2.62. The van der Waals surface area contributed by atoms with E-state index in [-0.39, 0.29) is 12.4 Å². The third-order valence-electron chi connectivity index (χ3n) is 2.51. The summed E-state index contributed by atoms with van der Waals surface area (Å²) < 4.78 is 5.51. The second-order valence-electron chi connectivity index (χ2n) is 4.49. The lowest BCUT2D eigenvalue weighted by atomic mass is 10.1. The van der Waals surface area contributed by atoms with Crippen molar-refractivity contribution < 1.29 is 4.74 Å². The number of nitrogens with one attached hydrogen (secondary N) is 2. The number of hydrogen-bond acceptors (Lipinski definition) is 3. The highest BCUT2D eigenvalue weighted by Crippen LogP contribution is 2.01. The summed E-state index contributed by atoms with van der Waals surface area (Å²) in [4.78, 5) is 0. The second kappa shape index (κ2) is 9.45. The number of aryl methyl sites for hydroxylation is 1. The van der Waals surface area contributed by atoms with Gasteiger partial charge in [0, 0.05) is 31.0 Å². The van der Waals surface area contributed by atoms with Gasteiger partial charge in [0.25, 0.3) is 0 Å². The summed E-state index contributed by atoms with van der Waals surface area (Å²) in [6, 6.07) is 0. The third-order valence-corrected chi connectivity index (χ3v) is 2.51. The molecular formula is C12H24ClN3O. The lowest BCUT2D eigenvalue weighted by Gasteiger charge is -2.07. The maximum absolute atomic E-state index is 5.51. The molecule has 0 unspecified atom stereocenters. The van der Waals surface area contributed by atoms with Crippen molar-refractivity contribution in [2.75, 3.05) is 19.8 Å². The molecule has 0 radical (unpaired) electrons. The molecule has 0 bridgehead atoms. The first-order chi connectivity index (χ1) is 7.70. The highest BCUT2D eigenvalue weighted by Gasteiger charge is 1.98. The van der Waals surface area contributed by atoms with Crippen molar-refractivity contribution in [3.8, 4) is 0 Å². The van der Waals surface area contributed by atoms with Crippen molar-refractivity contribution in [1.29, 1.82) is 0 Å². The van der Waals surface area contributed by atoms with Crippen LogP contribution in [0.1, 0.15) is 31.5 Å². The molecular weight excluding hydrogens is 238 g/mol. The maximum atomic E-state index is 5.51. The van der Waals surface area contributed by atoms with Crippen molar-refractivity contribution in [3.63, 3.8) is 0 Å². The van der Waals surface area contributed by atoms with Crippen LogP contribution in [0.3, 0.4) is 0 Å². The molecule has 1 aromatic heterocycles. The highest BCUT2D eigenvalue weighted by atomic mass is 35.5. The lowest BCUT2D eigenvalue weighted by molar-refractivity contribution is 0.125. The van der Waals surface area contributed by atoms with E-state index in [0.717, 1.165) is 44.3 Å². The monoisotopic (exact) mass is 261 g/mol. The quantitative estimate of drug-likeness (QED) is 0.706. The topological polar surface area (TPSA) is 49.9 Å². The Morgan fingerprint density at radius 2 is 2.18 bits per heavy atom. The summed E-state index contributed by atoms with van der Waals surface area (Å²) in [5.41, 5.74) is 2.36. The zero-order valence-electron chi connectivity index (χ0n) is 11.0. The molecule has 4 nitrogen and oxygen atoms in total. The Kier molecular flexibility index (Phi) is 9.13. The van der Waals surface area contributed by atoms with Gasteiger partial charge in [0.1, 0.15) is 0 Å². The summed E-state index contributed by atoms with van der Waals surface area (Å²) in [7, 11) is 0. The van der Waals surface area contributed by atoms with Gasteiger partial charge >= 0.3 is 0 Å². The van der Waals surface area contributed by atoms with Crippen LogP contribution >= 0.6 is 12.4 Å². The highest BCUT2D eigenvalue weighted by molar-refractivity contribution is 5.85. The molecule has 0 aliphatic rings. The van der Waals surface area contributed by atoms with Crippen LogP contribution < -0.4 is 5.32 Å². The van der Waals surface area contributed by atoms with Crippen molar-refractivity contribution in [2.24, 2.45) is 5.92 Å². The van der Waals surface area contributed by atoms with Gasteiger partial charge in [-0.05, 0) is 19.3 Å². The van der Waals surface area contributed by atoms with Gasteiger partial charge in [0.15, 0.2) is 0 Å². The summed E-state index contributed by atoms with van der Waals surface area (Å²) in [5, 5.41) is 10.2. The van der Waals surface area contributed by atoms with E-state index in [0.29, 0.717) is 0 Å². The van der Waals surface area contributed by atoms with Crippen LogP contribution in [0.5, 0.6) is 0 Å². The van der Waals surface area contributed by atoms with Crippen LogP contribution in [0.15, 0.2) is 6.20 Å². The second-order valence-corrected chi connectivity index (χ2v) is 4.49. The number of ether oxygens (including phenoxy) is 1. The SMILES string of the molecule is Cc1[nH]ncc1CNCCOCCC(C)C.Cl. The van der Waals surface area contributed by atoms with E-state index >= 15 is 0 Å². The Labute approximate surface area is 110 Å². The minimum Gasteiger partial charge on any atom is -0.380 e. The molecule has 0 saturated heterocycles. The molecule has 0 amide bonds. The standard InChI is InChI=1S/C12H23N3O.ClH/c1-10(2)4-6-16-7-5-13-8-12-9-14-15-11(12)3;/h9-10,13H,4-8H2,1-3H3,(H,14,15);1H. The molecule has 1 aromatic rings. The minimum absolute atomic E-state index is 0. The van der Waals surface area contributed by atoms with Crippen LogP contribution in [0.25, 0.3) is 0 Å². The Balaban J connectivity index is 0.00000256. The van der Waals surface area contributed by atoms with E-state index in [2.05, 4.69) is 29.4 Å². The first kappa shape index (κ1) is 16.4. The summed E-state index contributed by atoms with van der Waals surface area (Å²) in [6.45, 7) is 9.85. The van der Waals surface area contributed by atoms with Crippen molar-refractivity contribution in [2.45, 2.75) is 33.7 Å². The predicted octanol–water partition coefficient (Wildman–Crippen LogP) is 2.29. The fourth-order valence-corrected chi connectivity index (χ4v) is 1.34. The maximum Gasteiger partial charge on any atom is 0.0591 e. The number of rotatable bonds is 8. The number of nitrogens with zero attached hydrogens (tertiary/aromatic N) is 1. The van der Waals surface area contributed by atoms with E-state index in [9.17, 15) is 0 Å². The van der Waals surface area contributed by atoms with Crippen LogP contribution in [-0.2, 0) is 11.3 Å². The van der Waals surface area contributed by atoms with E-state index in [1.807, 2.05) is 13.1 Å². The number of aromatic amines is 1. The Morgan fingerprint density at radius 3 is 2.76 bits per heavy atom. The van der Waals surface area contributed by atoms with Crippen LogP contribution in [0.4, 0.5) is 0 Å². The molecule has 0 fully saturated rings. The molecule has 0 spiro atoms. The Morgan fingerprint density at radius 1 is 1.41 bits per heavy atom. The number of hydrogen-bond donors (Lipinski definition) is 2. The molecule has 5 heteroatoms. The summed E-state index contributed by atoms with van der Waals surface area (Å²) >= 11 is 0. The van der Waals surface area contributed by atoms with E-state index in [1.54, 1.807) is 0 Å². The fraction of sp³-hybridized carbons (Fsp3) is 0.750. The van der Waals surface area contributed by atoms with Gasteiger partial charge in [-0.3, -0.25) is 5.10 Å². The van der Waals surface area contributed by atoms with E-state index < -0.39 is 0 Å². The molecule has 17 heavy (non-hydrogen) atoms. The normalized spacial score (nSPS) is 10.6. The first-order valence-corrected chi connectivity index (χ1v) is 5.97. The molecule has 2 N–H and O–H groups in total. The first-order valence-electron chi connectivity index (χ1n) is 5.97. The molecule has 1 heterocycles. The molecule has 0 aromatic carbocycles. The number of aromatic nitrogens is 2. The van der Waals surface area contributed by atoms with Crippen molar-refractivity contribution in [1.82, 2.24) is 15.5 Å². The fourth-order valence-electron chi connectivity index (χ4n) is 1.34. The van der Waals surface area contributed by atoms with E-state index in [1.165, 1.54) is 5.56 Å². The van der Waals surface area contributed by atoms with Crippen LogP contribution in [0, 0.1) is 12.8 Å². The molecule has 0 atom stereocenters. The van der Waals surface area contributed by atoms with Gasteiger partial charge in [-0.15, -0.1) is 12.4 Å².